The largest absolute Gasteiger partial charge is 0.497 e. The number of aliphatic hydroxyl groups is 1. The molecule has 254 valence electrons. The van der Waals surface area contributed by atoms with Crippen molar-refractivity contribution >= 4 is 39.4 Å². The van der Waals surface area contributed by atoms with Gasteiger partial charge in [-0.1, -0.05) is 18.2 Å². The van der Waals surface area contributed by atoms with Crippen molar-refractivity contribution in [3.8, 4) is 22.6 Å². The summed E-state index contributed by atoms with van der Waals surface area (Å²) in [4.78, 5) is 14.2. The number of halogens is 1. The topological polar surface area (TPSA) is 87.7 Å². The molecule has 2 heterocycles. The van der Waals surface area contributed by atoms with Crippen molar-refractivity contribution in [2.24, 2.45) is 7.05 Å². The van der Waals surface area contributed by atoms with Crippen molar-refractivity contribution < 1.29 is 28.5 Å². The molecule has 0 saturated heterocycles. The number of hydrogen-bond acceptors (Lipinski definition) is 7. The summed E-state index contributed by atoms with van der Waals surface area (Å²) in [6, 6.07) is 20.7. The number of esters is 1. The van der Waals surface area contributed by atoms with Crippen LogP contribution in [0.25, 0.3) is 32.8 Å². The Balaban J connectivity index is 1.29. The van der Waals surface area contributed by atoms with Crippen molar-refractivity contribution in [2.75, 3.05) is 20.8 Å². The summed E-state index contributed by atoms with van der Waals surface area (Å²) in [5.74, 6) is 1.50. The lowest BCUT2D eigenvalue weighted by Gasteiger charge is -2.14. The highest BCUT2D eigenvalue weighted by Gasteiger charge is 2.26. The maximum atomic E-state index is 14.3. The van der Waals surface area contributed by atoms with Crippen molar-refractivity contribution in [1.29, 1.82) is 0 Å². The smallest absolute Gasteiger partial charge is 0.354 e. The number of carbonyl (C=O) groups excluding carboxylic acids is 1. The minimum atomic E-state index is -0.418. The zero-order valence-electron chi connectivity index (χ0n) is 28.6. The number of aryl methyl sites for hydroxylation is 4. The Morgan fingerprint density at radius 2 is 1.76 bits per heavy atom. The molecule has 0 aliphatic heterocycles. The van der Waals surface area contributed by atoms with Gasteiger partial charge in [0, 0.05) is 51.8 Å². The summed E-state index contributed by atoms with van der Waals surface area (Å²) < 4.78 is 35.0. The molecule has 2 aromatic heterocycles. The number of thioether (sulfide) groups is 1. The third-order valence-corrected chi connectivity index (χ3v) is 10.1. The molecule has 0 amide bonds. The molecular weight excluding hydrogens is 642 g/mol. The van der Waals surface area contributed by atoms with Gasteiger partial charge in [-0.15, -0.1) is 11.8 Å². The molecular formula is C39H40FN3O5S. The minimum Gasteiger partial charge on any atom is -0.497 e. The lowest BCUT2D eigenvalue weighted by atomic mass is 9.93. The molecule has 6 rings (SSSR count). The van der Waals surface area contributed by atoms with Gasteiger partial charge in [-0.05, 0) is 103 Å². The monoisotopic (exact) mass is 681 g/mol. The number of methoxy groups -OCH3 is 2. The SMILES string of the molecule is COC(=O)c1c(C)c2c(-c3c(CO)nn(C)c3C)c(C)ccc2n1CCCOc1cc(SCc2ccc(OC)cc2)cc2cc(F)ccc12. The molecule has 49 heavy (non-hydrogen) atoms. The van der Waals surface area contributed by atoms with Gasteiger partial charge in [0.15, 0.2) is 0 Å². The van der Waals surface area contributed by atoms with Crippen LogP contribution in [0.1, 0.15) is 45.0 Å². The Morgan fingerprint density at radius 3 is 2.47 bits per heavy atom. The Kier molecular flexibility index (Phi) is 9.99. The fourth-order valence-corrected chi connectivity index (χ4v) is 7.47. The normalized spacial score (nSPS) is 11.4. The van der Waals surface area contributed by atoms with Gasteiger partial charge in [-0.3, -0.25) is 4.68 Å². The quantitative estimate of drug-likeness (QED) is 0.0790. The first kappa shape index (κ1) is 34.1. The van der Waals surface area contributed by atoms with Crippen LogP contribution in [0, 0.1) is 26.6 Å². The molecule has 10 heteroatoms. The standard InChI is InChI=1S/C39H40FN3O5S/c1-23-8-15-33-36(35(23)37-25(3)42(4)41-32(37)21-44)24(2)38(39(45)47-6)43(33)16-7-17-48-34-20-30(19-27-18-28(40)11-14-31(27)34)49-22-26-9-12-29(46-5)13-10-26/h8-15,18-20,44H,7,16-17,21-22H2,1-6H3. The third-order valence-electron chi connectivity index (χ3n) is 9.07. The van der Waals surface area contributed by atoms with E-state index in [4.69, 9.17) is 14.2 Å². The Bertz CT molecular complexity index is 2170. The number of benzene rings is 4. The van der Waals surface area contributed by atoms with E-state index in [0.717, 1.165) is 71.6 Å². The highest BCUT2D eigenvalue weighted by Crippen LogP contribution is 2.40. The first-order valence-electron chi connectivity index (χ1n) is 16.1. The molecule has 8 nitrogen and oxygen atoms in total. The number of aliphatic hydroxyl groups excluding tert-OH is 1. The first-order chi connectivity index (χ1) is 23.6. The summed E-state index contributed by atoms with van der Waals surface area (Å²) in [7, 11) is 4.90. The fraction of sp³-hybridized carbons (Fsp3) is 0.282. The Labute approximate surface area is 289 Å². The zero-order chi connectivity index (χ0) is 34.8. The van der Waals surface area contributed by atoms with E-state index in [1.807, 2.05) is 80.9 Å². The van der Waals surface area contributed by atoms with Crippen LogP contribution in [0.5, 0.6) is 11.5 Å². The van der Waals surface area contributed by atoms with E-state index in [2.05, 4.69) is 5.10 Å². The van der Waals surface area contributed by atoms with Crippen molar-refractivity contribution in [2.45, 2.75) is 51.0 Å². The number of aromatic nitrogens is 3. The number of ether oxygens (including phenoxy) is 3. The number of hydrogen-bond donors (Lipinski definition) is 1. The Morgan fingerprint density at radius 1 is 0.980 bits per heavy atom. The molecule has 6 aromatic rings. The van der Waals surface area contributed by atoms with E-state index in [1.54, 1.807) is 29.6 Å². The molecule has 0 aliphatic rings. The van der Waals surface area contributed by atoms with Gasteiger partial charge in [0.1, 0.15) is 23.0 Å². The molecule has 0 spiro atoms. The van der Waals surface area contributed by atoms with Crippen molar-refractivity contribution in [1.82, 2.24) is 14.3 Å². The number of rotatable bonds is 12. The van der Waals surface area contributed by atoms with Crippen molar-refractivity contribution in [3.05, 3.63) is 106 Å². The van der Waals surface area contributed by atoms with E-state index in [9.17, 15) is 14.3 Å². The van der Waals surface area contributed by atoms with Gasteiger partial charge >= 0.3 is 5.97 Å². The molecule has 0 atom stereocenters. The second kappa shape index (κ2) is 14.4. The van der Waals surface area contributed by atoms with Crippen LogP contribution in [0.3, 0.4) is 0 Å². The second-order valence-electron chi connectivity index (χ2n) is 12.1. The lowest BCUT2D eigenvalue weighted by Crippen LogP contribution is -2.13. The molecule has 1 N–H and O–H groups in total. The van der Waals surface area contributed by atoms with Gasteiger partial charge in [0.2, 0.25) is 0 Å². The number of carbonyl (C=O) groups is 1. The van der Waals surface area contributed by atoms with Crippen LogP contribution in [-0.2, 0) is 30.7 Å². The van der Waals surface area contributed by atoms with Gasteiger partial charge in [-0.25, -0.2) is 9.18 Å². The summed E-state index contributed by atoms with van der Waals surface area (Å²) >= 11 is 1.65. The maximum Gasteiger partial charge on any atom is 0.354 e. The molecule has 4 aromatic carbocycles. The van der Waals surface area contributed by atoms with Gasteiger partial charge in [0.05, 0.1) is 33.1 Å². The average Bonchev–Trinajstić information content (AvgIpc) is 3.55. The summed E-state index contributed by atoms with van der Waals surface area (Å²) in [5.41, 5.74) is 7.69. The first-order valence-corrected chi connectivity index (χ1v) is 17.1. The van der Waals surface area contributed by atoms with E-state index < -0.39 is 5.97 Å². The third kappa shape index (κ3) is 6.63. The second-order valence-corrected chi connectivity index (χ2v) is 13.1. The zero-order valence-corrected chi connectivity index (χ0v) is 29.4. The summed E-state index contributed by atoms with van der Waals surface area (Å²) in [6.07, 6.45) is 0.593. The molecule has 0 saturated carbocycles. The van der Waals surface area contributed by atoms with Crippen molar-refractivity contribution in [3.63, 3.8) is 0 Å². The Hall–Kier alpha value is -4.80. The molecule has 0 fully saturated rings. The van der Waals surface area contributed by atoms with E-state index in [0.29, 0.717) is 36.7 Å². The molecule has 0 aliphatic carbocycles. The highest BCUT2D eigenvalue weighted by atomic mass is 32.2. The van der Waals surface area contributed by atoms with E-state index in [-0.39, 0.29) is 12.4 Å². The fourth-order valence-electron chi connectivity index (χ4n) is 6.54. The summed E-state index contributed by atoms with van der Waals surface area (Å²) in [5, 5.41) is 17.3. The molecule has 0 radical (unpaired) electrons. The van der Waals surface area contributed by atoms with E-state index in [1.165, 1.54) is 19.2 Å². The van der Waals surface area contributed by atoms with Crippen LogP contribution >= 0.6 is 11.8 Å². The number of nitrogens with zero attached hydrogens (tertiary/aromatic N) is 3. The number of fused-ring (bicyclic) bond motifs is 2. The van der Waals surface area contributed by atoms with Gasteiger partial charge in [0.25, 0.3) is 0 Å². The minimum absolute atomic E-state index is 0.198. The lowest BCUT2D eigenvalue weighted by molar-refractivity contribution is 0.0587. The maximum absolute atomic E-state index is 14.3. The predicted molar refractivity (Wildman–Crippen MR) is 192 cm³/mol. The average molecular weight is 682 g/mol. The highest BCUT2D eigenvalue weighted by molar-refractivity contribution is 7.98. The van der Waals surface area contributed by atoms with Gasteiger partial charge in [-0.2, -0.15) is 5.10 Å². The van der Waals surface area contributed by atoms with Crippen LogP contribution in [0.2, 0.25) is 0 Å². The van der Waals surface area contributed by atoms with E-state index >= 15 is 0 Å². The van der Waals surface area contributed by atoms with Gasteiger partial charge < -0.3 is 23.9 Å². The predicted octanol–water partition coefficient (Wildman–Crippen LogP) is 8.31. The molecule has 0 unspecified atom stereocenters. The van der Waals surface area contributed by atoms with Crippen LogP contribution in [0.4, 0.5) is 4.39 Å². The van der Waals surface area contributed by atoms with Crippen LogP contribution in [-0.4, -0.2) is 46.2 Å². The molecule has 0 bridgehead atoms. The summed E-state index contributed by atoms with van der Waals surface area (Å²) in [6.45, 7) is 6.62. The van der Waals surface area contributed by atoms with Crippen LogP contribution < -0.4 is 9.47 Å². The van der Waals surface area contributed by atoms with Crippen LogP contribution in [0.15, 0.2) is 71.6 Å².